The molecular formula is C13H16N4S. The molecule has 1 aliphatic carbocycles. The van der Waals surface area contributed by atoms with Crippen LogP contribution >= 0.6 is 11.3 Å². The molecule has 2 N–H and O–H groups in total. The minimum atomic E-state index is 0.682. The lowest BCUT2D eigenvalue weighted by Gasteiger charge is -2.15. The topological polar surface area (TPSA) is 55.0 Å². The smallest absolute Gasteiger partial charge is 0.228 e. The third kappa shape index (κ3) is 1.43. The Labute approximate surface area is 110 Å². The van der Waals surface area contributed by atoms with Gasteiger partial charge in [-0.2, -0.15) is 4.98 Å². The van der Waals surface area contributed by atoms with E-state index in [0.29, 0.717) is 5.82 Å². The third-order valence-corrected chi connectivity index (χ3v) is 5.16. The monoisotopic (exact) mass is 260 g/mol. The van der Waals surface area contributed by atoms with E-state index in [1.807, 2.05) is 11.3 Å². The van der Waals surface area contributed by atoms with Gasteiger partial charge in [0.15, 0.2) is 0 Å². The molecule has 4 rings (SSSR count). The minimum Gasteiger partial charge on any atom is -0.383 e. The van der Waals surface area contributed by atoms with Crippen LogP contribution in [0.15, 0.2) is 0 Å². The van der Waals surface area contributed by atoms with Gasteiger partial charge in [-0.15, -0.1) is 11.3 Å². The van der Waals surface area contributed by atoms with Gasteiger partial charge in [0, 0.05) is 18.0 Å². The van der Waals surface area contributed by atoms with Crippen LogP contribution in [0, 0.1) is 0 Å². The van der Waals surface area contributed by atoms with Gasteiger partial charge in [-0.3, -0.25) is 0 Å². The van der Waals surface area contributed by atoms with Crippen LogP contribution in [0.25, 0.3) is 10.2 Å². The Balaban J connectivity index is 1.88. The molecule has 3 heterocycles. The zero-order chi connectivity index (χ0) is 12.1. The highest BCUT2D eigenvalue weighted by Gasteiger charge is 2.23. The van der Waals surface area contributed by atoms with Crippen molar-refractivity contribution >= 4 is 33.3 Å². The van der Waals surface area contributed by atoms with Gasteiger partial charge in [0.05, 0.1) is 5.39 Å². The fourth-order valence-corrected chi connectivity index (χ4v) is 4.34. The molecule has 18 heavy (non-hydrogen) atoms. The van der Waals surface area contributed by atoms with E-state index in [9.17, 15) is 0 Å². The van der Waals surface area contributed by atoms with Gasteiger partial charge >= 0.3 is 0 Å². The number of fused-ring (bicyclic) bond motifs is 3. The van der Waals surface area contributed by atoms with E-state index in [2.05, 4.69) is 9.88 Å². The minimum absolute atomic E-state index is 0.682. The summed E-state index contributed by atoms with van der Waals surface area (Å²) in [5.41, 5.74) is 7.59. The number of aromatic nitrogens is 2. The van der Waals surface area contributed by atoms with E-state index in [0.717, 1.165) is 35.7 Å². The van der Waals surface area contributed by atoms with E-state index in [4.69, 9.17) is 10.7 Å². The number of nitrogens with two attached hydrogens (primary N) is 1. The van der Waals surface area contributed by atoms with Crippen LogP contribution in [0.2, 0.25) is 0 Å². The van der Waals surface area contributed by atoms with Gasteiger partial charge in [-0.25, -0.2) is 4.98 Å². The van der Waals surface area contributed by atoms with Gasteiger partial charge in [0.1, 0.15) is 10.6 Å². The molecule has 5 heteroatoms. The number of rotatable bonds is 1. The zero-order valence-corrected chi connectivity index (χ0v) is 11.1. The van der Waals surface area contributed by atoms with Crippen molar-refractivity contribution in [2.24, 2.45) is 0 Å². The van der Waals surface area contributed by atoms with Crippen molar-refractivity contribution in [1.29, 1.82) is 0 Å². The van der Waals surface area contributed by atoms with Crippen molar-refractivity contribution in [2.75, 3.05) is 23.7 Å². The molecule has 2 aromatic rings. The number of thiophene rings is 1. The van der Waals surface area contributed by atoms with Crippen LogP contribution in [0.4, 0.5) is 11.8 Å². The lowest BCUT2D eigenvalue weighted by atomic mass is 10.2. The van der Waals surface area contributed by atoms with Crippen LogP contribution < -0.4 is 10.6 Å². The summed E-state index contributed by atoms with van der Waals surface area (Å²) in [4.78, 5) is 14.1. The highest BCUT2D eigenvalue weighted by molar-refractivity contribution is 7.19. The maximum absolute atomic E-state index is 6.17. The standard InChI is InChI=1S/C13H16N4S/c14-11-10-8-4-3-5-9(8)18-12(10)16-13(15-11)17-6-1-2-7-17/h1-7H2,(H2,14,15,16). The van der Waals surface area contributed by atoms with E-state index in [1.165, 1.54) is 36.1 Å². The number of hydrogen-bond acceptors (Lipinski definition) is 5. The SMILES string of the molecule is Nc1nc(N2CCCC2)nc2sc3c(c12)CCC3. The first-order valence-electron chi connectivity index (χ1n) is 6.65. The maximum Gasteiger partial charge on any atom is 0.228 e. The molecule has 4 nitrogen and oxygen atoms in total. The van der Waals surface area contributed by atoms with E-state index in [-0.39, 0.29) is 0 Å². The Morgan fingerprint density at radius 3 is 2.72 bits per heavy atom. The molecule has 0 amide bonds. The van der Waals surface area contributed by atoms with Crippen molar-refractivity contribution in [3.63, 3.8) is 0 Å². The number of hydrogen-bond donors (Lipinski definition) is 1. The second-order valence-electron chi connectivity index (χ2n) is 5.14. The Kier molecular flexibility index (Phi) is 2.24. The summed E-state index contributed by atoms with van der Waals surface area (Å²) in [6, 6.07) is 0. The molecule has 2 aliphatic rings. The van der Waals surface area contributed by atoms with E-state index in [1.54, 1.807) is 0 Å². The van der Waals surface area contributed by atoms with Crippen molar-refractivity contribution < 1.29 is 0 Å². The average Bonchev–Trinajstić information content (AvgIpc) is 3.04. The number of anilines is 2. The summed E-state index contributed by atoms with van der Waals surface area (Å²) in [6.07, 6.45) is 6.07. The molecule has 0 radical (unpaired) electrons. The highest BCUT2D eigenvalue weighted by atomic mass is 32.1. The van der Waals surface area contributed by atoms with Crippen molar-refractivity contribution in [1.82, 2.24) is 9.97 Å². The summed E-state index contributed by atoms with van der Waals surface area (Å²) in [5, 5.41) is 1.13. The molecule has 0 saturated carbocycles. The average molecular weight is 260 g/mol. The predicted molar refractivity (Wildman–Crippen MR) is 75.3 cm³/mol. The summed E-state index contributed by atoms with van der Waals surface area (Å²) < 4.78 is 0. The quantitative estimate of drug-likeness (QED) is 0.855. The fourth-order valence-electron chi connectivity index (χ4n) is 3.07. The lowest BCUT2D eigenvalue weighted by Crippen LogP contribution is -2.20. The molecular weight excluding hydrogens is 244 g/mol. The van der Waals surface area contributed by atoms with Gasteiger partial charge in [0.25, 0.3) is 0 Å². The van der Waals surface area contributed by atoms with Gasteiger partial charge < -0.3 is 10.6 Å². The predicted octanol–water partition coefficient (Wildman–Crippen LogP) is 2.36. The molecule has 0 aromatic carbocycles. The van der Waals surface area contributed by atoms with Crippen molar-refractivity contribution in [3.8, 4) is 0 Å². The summed E-state index contributed by atoms with van der Waals surface area (Å²) in [6.45, 7) is 2.13. The van der Waals surface area contributed by atoms with Crippen LogP contribution in [0.3, 0.4) is 0 Å². The maximum atomic E-state index is 6.17. The zero-order valence-electron chi connectivity index (χ0n) is 10.3. The Bertz CT molecular complexity index is 613. The van der Waals surface area contributed by atoms with Crippen LogP contribution in [0.1, 0.15) is 29.7 Å². The lowest BCUT2D eigenvalue weighted by molar-refractivity contribution is 0.906. The molecule has 0 unspecified atom stereocenters. The first-order valence-corrected chi connectivity index (χ1v) is 7.47. The number of nitrogen functional groups attached to an aromatic ring is 1. The Hall–Kier alpha value is -1.36. The van der Waals surface area contributed by atoms with E-state index >= 15 is 0 Å². The fraction of sp³-hybridized carbons (Fsp3) is 0.538. The molecule has 2 aromatic heterocycles. The summed E-state index contributed by atoms with van der Waals surface area (Å²) in [5.74, 6) is 1.51. The second kappa shape index (κ2) is 3.82. The van der Waals surface area contributed by atoms with Crippen molar-refractivity contribution in [3.05, 3.63) is 10.4 Å². The molecule has 0 bridgehead atoms. The van der Waals surface area contributed by atoms with Crippen molar-refractivity contribution in [2.45, 2.75) is 32.1 Å². The van der Waals surface area contributed by atoms with Gasteiger partial charge in [0.2, 0.25) is 5.95 Å². The largest absolute Gasteiger partial charge is 0.383 e. The van der Waals surface area contributed by atoms with Gasteiger partial charge in [-0.05, 0) is 37.7 Å². The molecule has 1 aliphatic heterocycles. The third-order valence-electron chi connectivity index (χ3n) is 3.97. The Morgan fingerprint density at radius 1 is 1.06 bits per heavy atom. The van der Waals surface area contributed by atoms with Crippen LogP contribution in [0.5, 0.6) is 0 Å². The normalized spacial score (nSPS) is 18.8. The van der Waals surface area contributed by atoms with Crippen LogP contribution in [-0.4, -0.2) is 23.1 Å². The molecule has 0 spiro atoms. The second-order valence-corrected chi connectivity index (χ2v) is 6.22. The van der Waals surface area contributed by atoms with Gasteiger partial charge in [-0.1, -0.05) is 0 Å². The molecule has 1 fully saturated rings. The highest BCUT2D eigenvalue weighted by Crippen LogP contribution is 2.39. The molecule has 0 atom stereocenters. The Morgan fingerprint density at radius 2 is 1.89 bits per heavy atom. The first-order chi connectivity index (χ1) is 8.83. The summed E-state index contributed by atoms with van der Waals surface area (Å²) >= 11 is 1.82. The van der Waals surface area contributed by atoms with E-state index < -0.39 is 0 Å². The number of aryl methyl sites for hydroxylation is 2. The first kappa shape index (κ1) is 10.6. The molecule has 1 saturated heterocycles. The van der Waals surface area contributed by atoms with Crippen LogP contribution in [-0.2, 0) is 12.8 Å². The number of nitrogens with zero attached hydrogens (tertiary/aromatic N) is 3. The summed E-state index contributed by atoms with van der Waals surface area (Å²) in [7, 11) is 0. The molecule has 94 valence electrons.